The summed E-state index contributed by atoms with van der Waals surface area (Å²) >= 11 is 0. The predicted octanol–water partition coefficient (Wildman–Crippen LogP) is 2.31. The molecule has 0 bridgehead atoms. The van der Waals surface area contributed by atoms with Crippen LogP contribution < -0.4 is 5.73 Å². The van der Waals surface area contributed by atoms with Gasteiger partial charge in [0.2, 0.25) is 0 Å². The standard InChI is InChI=1S/C12H15N3O2/c1-12(2,7-13)11-6-8-5-9(15(16)17)3-4-10(8)14-11/h3-6,14H,7,13H2,1-2H3. The molecule has 2 aromatic rings. The molecule has 3 N–H and O–H groups in total. The minimum absolute atomic E-state index is 0.105. The van der Waals surface area contributed by atoms with Crippen LogP contribution in [0.15, 0.2) is 24.3 Å². The molecule has 0 saturated heterocycles. The number of aromatic amines is 1. The van der Waals surface area contributed by atoms with E-state index in [0.29, 0.717) is 6.54 Å². The number of aromatic nitrogens is 1. The zero-order valence-electron chi connectivity index (χ0n) is 9.86. The Hall–Kier alpha value is -1.88. The highest BCUT2D eigenvalue weighted by Gasteiger charge is 2.21. The number of hydrogen-bond acceptors (Lipinski definition) is 3. The Morgan fingerprint density at radius 2 is 2.12 bits per heavy atom. The number of rotatable bonds is 3. The first-order valence-electron chi connectivity index (χ1n) is 5.42. The lowest BCUT2D eigenvalue weighted by molar-refractivity contribution is -0.384. The van der Waals surface area contributed by atoms with Crippen LogP contribution in [-0.4, -0.2) is 16.5 Å². The summed E-state index contributed by atoms with van der Waals surface area (Å²) in [6.45, 7) is 4.58. The van der Waals surface area contributed by atoms with Gasteiger partial charge in [0.15, 0.2) is 0 Å². The second-order valence-corrected chi connectivity index (χ2v) is 4.80. The number of fused-ring (bicyclic) bond motifs is 1. The van der Waals surface area contributed by atoms with E-state index in [1.54, 1.807) is 12.1 Å². The largest absolute Gasteiger partial charge is 0.358 e. The number of nitrogens with zero attached hydrogens (tertiary/aromatic N) is 1. The van der Waals surface area contributed by atoms with Crippen molar-refractivity contribution < 1.29 is 4.92 Å². The van der Waals surface area contributed by atoms with Gasteiger partial charge in [-0.25, -0.2) is 0 Å². The van der Waals surface area contributed by atoms with Crippen LogP contribution in [0.4, 0.5) is 5.69 Å². The minimum atomic E-state index is -0.389. The number of nitrogens with one attached hydrogen (secondary N) is 1. The molecule has 1 aromatic heterocycles. The normalized spacial score (nSPS) is 11.9. The molecule has 0 saturated carbocycles. The van der Waals surface area contributed by atoms with Crippen LogP contribution in [-0.2, 0) is 5.41 Å². The van der Waals surface area contributed by atoms with Gasteiger partial charge in [-0.2, -0.15) is 0 Å². The third kappa shape index (κ3) is 2.01. The van der Waals surface area contributed by atoms with Crippen LogP contribution in [0.5, 0.6) is 0 Å². The van der Waals surface area contributed by atoms with E-state index in [-0.39, 0.29) is 16.0 Å². The Labute approximate surface area is 98.8 Å². The van der Waals surface area contributed by atoms with Crippen LogP contribution >= 0.6 is 0 Å². The van der Waals surface area contributed by atoms with Crippen LogP contribution in [0, 0.1) is 10.1 Å². The molecule has 0 aliphatic carbocycles. The average molecular weight is 233 g/mol. The molecule has 0 atom stereocenters. The Morgan fingerprint density at radius 1 is 1.41 bits per heavy atom. The Kier molecular flexibility index (Phi) is 2.63. The van der Waals surface area contributed by atoms with Crippen molar-refractivity contribution in [2.45, 2.75) is 19.3 Å². The molecular weight excluding hydrogens is 218 g/mol. The lowest BCUT2D eigenvalue weighted by Crippen LogP contribution is -2.28. The fourth-order valence-electron chi connectivity index (χ4n) is 1.71. The number of hydrogen-bond donors (Lipinski definition) is 2. The van der Waals surface area contributed by atoms with Crippen molar-refractivity contribution in [1.82, 2.24) is 4.98 Å². The zero-order valence-corrected chi connectivity index (χ0v) is 9.86. The average Bonchev–Trinajstić information content (AvgIpc) is 2.72. The second-order valence-electron chi connectivity index (χ2n) is 4.80. The van der Waals surface area contributed by atoms with Crippen LogP contribution in [0.25, 0.3) is 10.9 Å². The minimum Gasteiger partial charge on any atom is -0.358 e. The summed E-state index contributed by atoms with van der Waals surface area (Å²) in [7, 11) is 0. The number of benzene rings is 1. The molecule has 0 aliphatic rings. The zero-order chi connectivity index (χ0) is 12.6. The molecule has 5 heteroatoms. The van der Waals surface area contributed by atoms with Crippen molar-refractivity contribution in [3.8, 4) is 0 Å². The summed E-state index contributed by atoms with van der Waals surface area (Å²) in [5, 5.41) is 11.5. The highest BCUT2D eigenvalue weighted by Crippen LogP contribution is 2.27. The molecule has 5 nitrogen and oxygen atoms in total. The molecule has 0 spiro atoms. The van der Waals surface area contributed by atoms with E-state index >= 15 is 0 Å². The molecule has 0 aliphatic heterocycles. The number of non-ortho nitro benzene ring substituents is 1. The molecule has 90 valence electrons. The molecule has 0 unspecified atom stereocenters. The van der Waals surface area contributed by atoms with Gasteiger partial charge in [0.25, 0.3) is 5.69 Å². The van der Waals surface area contributed by atoms with Gasteiger partial charge in [-0.05, 0) is 12.1 Å². The second kappa shape index (κ2) is 3.85. The quantitative estimate of drug-likeness (QED) is 0.630. The Balaban J connectivity index is 2.54. The van der Waals surface area contributed by atoms with Gasteiger partial charge >= 0.3 is 0 Å². The van der Waals surface area contributed by atoms with Crippen molar-refractivity contribution in [3.63, 3.8) is 0 Å². The summed E-state index contributed by atoms with van der Waals surface area (Å²) in [6, 6.07) is 6.72. The van der Waals surface area contributed by atoms with Crippen LogP contribution in [0.3, 0.4) is 0 Å². The lowest BCUT2D eigenvalue weighted by atomic mass is 9.90. The van der Waals surface area contributed by atoms with E-state index in [4.69, 9.17) is 5.73 Å². The predicted molar refractivity (Wildman–Crippen MR) is 67.0 cm³/mol. The summed E-state index contributed by atoms with van der Waals surface area (Å²) in [6.07, 6.45) is 0. The first-order valence-corrected chi connectivity index (χ1v) is 5.42. The maximum Gasteiger partial charge on any atom is 0.270 e. The van der Waals surface area contributed by atoms with E-state index in [9.17, 15) is 10.1 Å². The van der Waals surface area contributed by atoms with E-state index in [0.717, 1.165) is 16.6 Å². The first-order chi connectivity index (χ1) is 7.94. The number of nitrogens with two attached hydrogens (primary N) is 1. The Bertz CT molecular complexity index is 572. The summed E-state index contributed by atoms with van der Waals surface area (Å²) < 4.78 is 0. The fourth-order valence-corrected chi connectivity index (χ4v) is 1.71. The van der Waals surface area contributed by atoms with Gasteiger partial charge in [-0.3, -0.25) is 10.1 Å². The van der Waals surface area contributed by atoms with E-state index < -0.39 is 0 Å². The highest BCUT2D eigenvalue weighted by atomic mass is 16.6. The van der Waals surface area contributed by atoms with Crippen LogP contribution in [0.1, 0.15) is 19.5 Å². The fraction of sp³-hybridized carbons (Fsp3) is 0.333. The van der Waals surface area contributed by atoms with Gasteiger partial charge in [-0.1, -0.05) is 13.8 Å². The third-order valence-electron chi connectivity index (χ3n) is 3.05. The van der Waals surface area contributed by atoms with Crippen molar-refractivity contribution in [1.29, 1.82) is 0 Å². The smallest absolute Gasteiger partial charge is 0.270 e. The monoisotopic (exact) mass is 233 g/mol. The number of nitro groups is 1. The Morgan fingerprint density at radius 3 is 2.71 bits per heavy atom. The topological polar surface area (TPSA) is 84.9 Å². The SMILES string of the molecule is CC(C)(CN)c1cc2cc([N+](=O)[O-])ccc2[nH]1. The molecule has 17 heavy (non-hydrogen) atoms. The van der Waals surface area contributed by atoms with Gasteiger partial charge in [0, 0.05) is 40.7 Å². The molecule has 1 aromatic carbocycles. The molecule has 1 heterocycles. The van der Waals surface area contributed by atoms with Crippen molar-refractivity contribution >= 4 is 16.6 Å². The molecule has 0 fully saturated rings. The van der Waals surface area contributed by atoms with Crippen LogP contribution in [0.2, 0.25) is 0 Å². The molecule has 0 radical (unpaired) electrons. The van der Waals surface area contributed by atoms with E-state index in [2.05, 4.69) is 4.98 Å². The molecule has 0 amide bonds. The number of H-pyrrole nitrogens is 1. The third-order valence-corrected chi connectivity index (χ3v) is 3.05. The lowest BCUT2D eigenvalue weighted by Gasteiger charge is -2.20. The van der Waals surface area contributed by atoms with Crippen molar-refractivity contribution in [2.75, 3.05) is 6.54 Å². The van der Waals surface area contributed by atoms with E-state index in [1.807, 2.05) is 19.9 Å². The maximum atomic E-state index is 10.7. The summed E-state index contributed by atoms with van der Waals surface area (Å²) in [4.78, 5) is 13.5. The first kappa shape index (κ1) is 11.6. The van der Waals surface area contributed by atoms with Crippen molar-refractivity contribution in [3.05, 3.63) is 40.1 Å². The van der Waals surface area contributed by atoms with Crippen molar-refractivity contribution in [2.24, 2.45) is 5.73 Å². The summed E-state index contributed by atoms with van der Waals surface area (Å²) in [5.41, 5.74) is 7.55. The van der Waals surface area contributed by atoms with Gasteiger partial charge in [0.1, 0.15) is 0 Å². The van der Waals surface area contributed by atoms with Gasteiger partial charge in [0.05, 0.1) is 4.92 Å². The van der Waals surface area contributed by atoms with Gasteiger partial charge < -0.3 is 10.7 Å². The highest BCUT2D eigenvalue weighted by molar-refractivity contribution is 5.83. The molecular formula is C12H15N3O2. The number of nitro benzene ring substituents is 1. The molecule has 2 rings (SSSR count). The van der Waals surface area contributed by atoms with E-state index in [1.165, 1.54) is 6.07 Å². The van der Waals surface area contributed by atoms with Gasteiger partial charge in [-0.15, -0.1) is 0 Å². The maximum absolute atomic E-state index is 10.7. The summed E-state index contributed by atoms with van der Waals surface area (Å²) in [5.74, 6) is 0.